The third kappa shape index (κ3) is 3.24. The average molecular weight is 383 g/mol. The molecular weight excluding hydrogens is 364 g/mol. The smallest absolute Gasteiger partial charge is 0.262 e. The Bertz CT molecular complexity index is 1080. The molecule has 5 nitrogen and oxygen atoms in total. The molecule has 1 aliphatic heterocycles. The van der Waals surface area contributed by atoms with E-state index in [2.05, 4.69) is 10.3 Å². The highest BCUT2D eigenvalue weighted by molar-refractivity contribution is 5.62. The number of rotatable bonds is 5. The lowest BCUT2D eigenvalue weighted by Crippen LogP contribution is -2.25. The molecule has 144 valence electrons. The van der Waals surface area contributed by atoms with Gasteiger partial charge < -0.3 is 10.1 Å². The van der Waals surface area contributed by atoms with E-state index in [-0.39, 0.29) is 23.7 Å². The summed E-state index contributed by atoms with van der Waals surface area (Å²) in [4.78, 5) is 17.2. The number of anilines is 1. The number of nitrogens with zero attached hydrogens (tertiary/aromatic N) is 2. The first-order valence-corrected chi connectivity index (χ1v) is 9.11. The average Bonchev–Trinajstić information content (AvgIpc) is 3.17. The fourth-order valence-electron chi connectivity index (χ4n) is 3.43. The van der Waals surface area contributed by atoms with Crippen LogP contribution in [-0.4, -0.2) is 16.2 Å². The Morgan fingerprint density at radius 3 is 2.71 bits per heavy atom. The zero-order chi connectivity index (χ0) is 19.7. The molecule has 28 heavy (non-hydrogen) atoms. The first kappa shape index (κ1) is 18.2. The van der Waals surface area contributed by atoms with E-state index in [1.807, 2.05) is 6.92 Å². The van der Waals surface area contributed by atoms with Gasteiger partial charge in [-0.25, -0.2) is 13.8 Å². The minimum absolute atomic E-state index is 0.195. The Balaban J connectivity index is 1.65. The van der Waals surface area contributed by atoms with E-state index in [1.165, 1.54) is 29.0 Å². The van der Waals surface area contributed by atoms with Crippen LogP contribution in [0.4, 0.5) is 14.7 Å². The molecule has 1 aliphatic rings. The number of aromatic nitrogens is 2. The Hall–Kier alpha value is -3.22. The molecule has 0 amide bonds. The number of hydrogen-bond donors (Lipinski definition) is 1. The maximum atomic E-state index is 14.3. The Morgan fingerprint density at radius 2 is 1.96 bits per heavy atom. The quantitative estimate of drug-likeness (QED) is 0.729. The summed E-state index contributed by atoms with van der Waals surface area (Å²) >= 11 is 0. The van der Waals surface area contributed by atoms with Crippen LogP contribution >= 0.6 is 0 Å². The molecule has 0 unspecified atom stereocenters. The van der Waals surface area contributed by atoms with Crippen molar-refractivity contribution < 1.29 is 13.5 Å². The van der Waals surface area contributed by atoms with Gasteiger partial charge >= 0.3 is 0 Å². The number of nitrogens with one attached hydrogen (secondary N) is 1. The number of ether oxygens (including phenoxy) is 1. The molecule has 3 aromatic rings. The van der Waals surface area contributed by atoms with Gasteiger partial charge in [-0.3, -0.25) is 9.36 Å². The molecule has 2 heterocycles. The normalized spacial score (nSPS) is 12.5. The third-order valence-electron chi connectivity index (χ3n) is 4.88. The predicted octanol–water partition coefficient (Wildman–Crippen LogP) is 3.76. The third-order valence-corrected chi connectivity index (χ3v) is 4.88. The second kappa shape index (κ2) is 7.42. The van der Waals surface area contributed by atoms with Crippen LogP contribution in [0.2, 0.25) is 0 Å². The highest BCUT2D eigenvalue weighted by Crippen LogP contribution is 2.30. The molecule has 0 aliphatic carbocycles. The van der Waals surface area contributed by atoms with Crippen molar-refractivity contribution in [3.63, 3.8) is 0 Å². The second-order valence-corrected chi connectivity index (χ2v) is 6.51. The van der Waals surface area contributed by atoms with Crippen molar-refractivity contribution in [3.8, 4) is 16.9 Å². The van der Waals surface area contributed by atoms with Crippen LogP contribution in [0.5, 0.6) is 5.75 Å². The van der Waals surface area contributed by atoms with Crippen molar-refractivity contribution in [2.75, 3.05) is 11.9 Å². The van der Waals surface area contributed by atoms with Gasteiger partial charge in [-0.1, -0.05) is 12.1 Å². The molecule has 0 spiro atoms. The maximum Gasteiger partial charge on any atom is 0.262 e. The fourth-order valence-corrected chi connectivity index (χ4v) is 3.43. The van der Waals surface area contributed by atoms with Crippen LogP contribution < -0.4 is 15.6 Å². The topological polar surface area (TPSA) is 56.1 Å². The van der Waals surface area contributed by atoms with E-state index < -0.39 is 0 Å². The molecular formula is C21H19F2N3O2. The van der Waals surface area contributed by atoms with Crippen LogP contribution in [0.1, 0.15) is 18.1 Å². The number of halogens is 2. The number of hydrogen-bond acceptors (Lipinski definition) is 4. The molecule has 7 heteroatoms. The molecule has 0 saturated carbocycles. The Kier molecular flexibility index (Phi) is 4.81. The highest BCUT2D eigenvalue weighted by Gasteiger charge is 2.20. The Morgan fingerprint density at radius 1 is 1.18 bits per heavy atom. The SMILES string of the molecule is CCn1c(NCc2c(F)ccc3c2CCO3)ncc(-c2ccc(F)cc2)c1=O. The summed E-state index contributed by atoms with van der Waals surface area (Å²) in [6, 6.07) is 8.72. The van der Waals surface area contributed by atoms with Crippen molar-refractivity contribution in [1.82, 2.24) is 9.55 Å². The van der Waals surface area contributed by atoms with E-state index in [1.54, 1.807) is 18.2 Å². The molecule has 0 radical (unpaired) electrons. The molecule has 0 fully saturated rings. The van der Waals surface area contributed by atoms with Gasteiger partial charge in [0.2, 0.25) is 5.95 Å². The summed E-state index contributed by atoms with van der Waals surface area (Å²) < 4.78 is 34.4. The van der Waals surface area contributed by atoms with Crippen molar-refractivity contribution in [3.05, 3.63) is 75.7 Å². The number of fused-ring (bicyclic) bond motifs is 1. The van der Waals surface area contributed by atoms with Crippen molar-refractivity contribution in [2.24, 2.45) is 0 Å². The number of benzene rings is 2. The minimum Gasteiger partial charge on any atom is -0.493 e. The van der Waals surface area contributed by atoms with Crippen LogP contribution in [0.15, 0.2) is 47.4 Å². The summed E-state index contributed by atoms with van der Waals surface area (Å²) in [7, 11) is 0. The summed E-state index contributed by atoms with van der Waals surface area (Å²) in [6.45, 7) is 2.95. The summed E-state index contributed by atoms with van der Waals surface area (Å²) in [5.41, 5.74) is 2.10. The first-order chi connectivity index (χ1) is 13.6. The predicted molar refractivity (Wildman–Crippen MR) is 102 cm³/mol. The first-order valence-electron chi connectivity index (χ1n) is 9.11. The minimum atomic E-state index is -0.368. The lowest BCUT2D eigenvalue weighted by Gasteiger charge is -2.15. The fraction of sp³-hybridized carbons (Fsp3) is 0.238. The van der Waals surface area contributed by atoms with Gasteiger partial charge in [-0.05, 0) is 36.8 Å². The van der Waals surface area contributed by atoms with Gasteiger partial charge in [0.15, 0.2) is 0 Å². The largest absolute Gasteiger partial charge is 0.493 e. The second-order valence-electron chi connectivity index (χ2n) is 6.51. The summed E-state index contributed by atoms with van der Waals surface area (Å²) in [5.74, 6) is 0.372. The molecule has 1 N–H and O–H groups in total. The van der Waals surface area contributed by atoms with Gasteiger partial charge in [-0.2, -0.15) is 0 Å². The summed E-state index contributed by atoms with van der Waals surface area (Å²) in [6.07, 6.45) is 2.11. The summed E-state index contributed by atoms with van der Waals surface area (Å²) in [5, 5.41) is 3.08. The van der Waals surface area contributed by atoms with E-state index in [0.29, 0.717) is 48.0 Å². The lowest BCUT2D eigenvalue weighted by atomic mass is 10.0. The van der Waals surface area contributed by atoms with Crippen molar-refractivity contribution >= 4 is 5.95 Å². The van der Waals surface area contributed by atoms with Gasteiger partial charge in [0.1, 0.15) is 17.4 Å². The lowest BCUT2D eigenvalue weighted by molar-refractivity contribution is 0.356. The van der Waals surface area contributed by atoms with Crippen molar-refractivity contribution in [1.29, 1.82) is 0 Å². The van der Waals surface area contributed by atoms with E-state index in [9.17, 15) is 13.6 Å². The zero-order valence-electron chi connectivity index (χ0n) is 15.3. The van der Waals surface area contributed by atoms with Gasteiger partial charge in [0.25, 0.3) is 5.56 Å². The standard InChI is InChI=1S/C21H19F2N3O2/c1-2-26-20(27)16(13-3-5-14(22)6-4-13)11-24-21(26)25-12-17-15-9-10-28-19(15)8-7-18(17)23/h3-8,11H,2,9-10,12H2,1H3,(H,24,25). The van der Waals surface area contributed by atoms with E-state index in [0.717, 1.165) is 5.56 Å². The molecule has 4 rings (SSSR count). The van der Waals surface area contributed by atoms with Crippen LogP contribution in [0.25, 0.3) is 11.1 Å². The van der Waals surface area contributed by atoms with Crippen LogP contribution in [0, 0.1) is 11.6 Å². The molecule has 1 aromatic heterocycles. The van der Waals surface area contributed by atoms with E-state index in [4.69, 9.17) is 4.74 Å². The molecule has 2 aromatic carbocycles. The highest BCUT2D eigenvalue weighted by atomic mass is 19.1. The van der Waals surface area contributed by atoms with Gasteiger partial charge in [0.05, 0.1) is 12.2 Å². The zero-order valence-corrected chi connectivity index (χ0v) is 15.3. The monoisotopic (exact) mass is 383 g/mol. The maximum absolute atomic E-state index is 14.3. The van der Waals surface area contributed by atoms with E-state index >= 15 is 0 Å². The van der Waals surface area contributed by atoms with Crippen LogP contribution in [0.3, 0.4) is 0 Å². The molecule has 0 saturated heterocycles. The molecule has 0 bridgehead atoms. The van der Waals surface area contributed by atoms with Crippen LogP contribution in [-0.2, 0) is 19.5 Å². The van der Waals surface area contributed by atoms with Gasteiger partial charge in [-0.15, -0.1) is 0 Å². The van der Waals surface area contributed by atoms with Gasteiger partial charge in [0, 0.05) is 36.8 Å². The van der Waals surface area contributed by atoms with Crippen molar-refractivity contribution in [2.45, 2.75) is 26.4 Å². The Labute approximate surface area is 160 Å². The molecule has 0 atom stereocenters.